The molecule has 1 heterocycles. The highest BCUT2D eigenvalue weighted by Gasteiger charge is 2.15. The monoisotopic (exact) mass is 261 g/mol. The molecule has 0 saturated heterocycles. The first kappa shape index (κ1) is 13.8. The van der Waals surface area contributed by atoms with Crippen LogP contribution in [0.1, 0.15) is 48.6 Å². The van der Waals surface area contributed by atoms with Gasteiger partial charge in [0.15, 0.2) is 0 Å². The maximum atomic E-state index is 12.9. The van der Waals surface area contributed by atoms with E-state index >= 15 is 0 Å². The first-order valence-corrected chi connectivity index (χ1v) is 6.56. The van der Waals surface area contributed by atoms with Crippen LogP contribution in [0.15, 0.2) is 34.7 Å². The van der Waals surface area contributed by atoms with E-state index in [4.69, 9.17) is 4.42 Å². The van der Waals surface area contributed by atoms with Gasteiger partial charge in [-0.1, -0.05) is 12.1 Å². The lowest BCUT2D eigenvalue weighted by atomic mass is 10.0. The molecule has 1 N–H and O–H groups in total. The van der Waals surface area contributed by atoms with Gasteiger partial charge in [-0.3, -0.25) is 0 Å². The summed E-state index contributed by atoms with van der Waals surface area (Å²) in [5.41, 5.74) is 2.25. The summed E-state index contributed by atoms with van der Waals surface area (Å²) in [7, 11) is 0. The van der Waals surface area contributed by atoms with Crippen molar-refractivity contribution in [2.24, 2.45) is 0 Å². The molecule has 1 aromatic carbocycles. The Bertz CT molecular complexity index is 544. The molecule has 0 aliphatic rings. The highest BCUT2D eigenvalue weighted by Crippen LogP contribution is 2.24. The summed E-state index contributed by atoms with van der Waals surface area (Å²) in [6, 6.07) is 9.02. The molecular weight excluding hydrogens is 241 g/mol. The summed E-state index contributed by atoms with van der Waals surface area (Å²) < 4.78 is 18.4. The van der Waals surface area contributed by atoms with Crippen molar-refractivity contribution in [2.75, 3.05) is 0 Å². The molecule has 0 fully saturated rings. The van der Waals surface area contributed by atoms with Gasteiger partial charge in [-0.25, -0.2) is 4.39 Å². The van der Waals surface area contributed by atoms with Crippen molar-refractivity contribution in [3.05, 3.63) is 58.8 Å². The predicted molar refractivity (Wildman–Crippen MR) is 74.5 cm³/mol. The quantitative estimate of drug-likeness (QED) is 0.879. The number of hydrogen-bond acceptors (Lipinski definition) is 2. The third-order valence-corrected chi connectivity index (χ3v) is 3.42. The summed E-state index contributed by atoms with van der Waals surface area (Å²) in [4.78, 5) is 0. The van der Waals surface area contributed by atoms with Crippen LogP contribution in [0.5, 0.6) is 0 Å². The molecule has 0 amide bonds. The summed E-state index contributed by atoms with van der Waals surface area (Å²) in [5.74, 6) is 1.67. The standard InChI is InChI=1S/C16H20FNO/c1-10-9-16(13(4)19-10)12(3)18-11(2)14-5-7-15(17)8-6-14/h5-9,11-12,18H,1-4H3. The topological polar surface area (TPSA) is 25.2 Å². The maximum absolute atomic E-state index is 12.9. The van der Waals surface area contributed by atoms with Crippen molar-refractivity contribution >= 4 is 0 Å². The average Bonchev–Trinajstić information content (AvgIpc) is 2.69. The molecule has 2 rings (SSSR count). The SMILES string of the molecule is Cc1cc(C(C)NC(C)c2ccc(F)cc2)c(C)o1. The Balaban J connectivity index is 2.08. The third-order valence-electron chi connectivity index (χ3n) is 3.42. The fraction of sp³-hybridized carbons (Fsp3) is 0.375. The van der Waals surface area contributed by atoms with Crippen molar-refractivity contribution in [1.82, 2.24) is 5.32 Å². The fourth-order valence-corrected chi connectivity index (χ4v) is 2.39. The second kappa shape index (κ2) is 5.57. The highest BCUT2D eigenvalue weighted by molar-refractivity contribution is 5.25. The Labute approximate surface area is 113 Å². The molecule has 2 atom stereocenters. The second-order valence-corrected chi connectivity index (χ2v) is 5.03. The molecule has 1 aromatic heterocycles. The van der Waals surface area contributed by atoms with Crippen LogP contribution in [-0.2, 0) is 0 Å². The summed E-state index contributed by atoms with van der Waals surface area (Å²) in [6.07, 6.45) is 0. The Morgan fingerprint density at radius 1 is 1.05 bits per heavy atom. The molecule has 0 spiro atoms. The number of rotatable bonds is 4. The maximum Gasteiger partial charge on any atom is 0.123 e. The third kappa shape index (κ3) is 3.24. The van der Waals surface area contributed by atoms with Gasteiger partial charge in [0.1, 0.15) is 17.3 Å². The van der Waals surface area contributed by atoms with E-state index < -0.39 is 0 Å². The molecule has 102 valence electrons. The van der Waals surface area contributed by atoms with Crippen molar-refractivity contribution in [3.8, 4) is 0 Å². The van der Waals surface area contributed by atoms with Crippen LogP contribution in [0.2, 0.25) is 0 Å². The largest absolute Gasteiger partial charge is 0.466 e. The van der Waals surface area contributed by atoms with Crippen LogP contribution in [0.25, 0.3) is 0 Å². The Hall–Kier alpha value is -1.61. The van der Waals surface area contributed by atoms with Crippen LogP contribution in [0.3, 0.4) is 0 Å². The van der Waals surface area contributed by atoms with Gasteiger partial charge in [0.05, 0.1) is 0 Å². The minimum Gasteiger partial charge on any atom is -0.466 e. The van der Waals surface area contributed by atoms with Crippen LogP contribution in [-0.4, -0.2) is 0 Å². The lowest BCUT2D eigenvalue weighted by Crippen LogP contribution is -2.22. The summed E-state index contributed by atoms with van der Waals surface area (Å²) >= 11 is 0. The van der Waals surface area contributed by atoms with Crippen molar-refractivity contribution < 1.29 is 8.81 Å². The van der Waals surface area contributed by atoms with Crippen molar-refractivity contribution in [3.63, 3.8) is 0 Å². The minimum atomic E-state index is -0.203. The van der Waals surface area contributed by atoms with Gasteiger partial charge in [-0.15, -0.1) is 0 Å². The van der Waals surface area contributed by atoms with Gasteiger partial charge in [-0.05, 0) is 51.5 Å². The number of aryl methyl sites for hydroxylation is 2. The van der Waals surface area contributed by atoms with Crippen molar-refractivity contribution in [1.29, 1.82) is 0 Å². The van der Waals surface area contributed by atoms with Crippen LogP contribution in [0.4, 0.5) is 4.39 Å². The van der Waals surface area contributed by atoms with Gasteiger partial charge >= 0.3 is 0 Å². The predicted octanol–water partition coefficient (Wildman–Crippen LogP) is 4.45. The van der Waals surface area contributed by atoms with Crippen molar-refractivity contribution in [2.45, 2.75) is 39.8 Å². The molecule has 0 radical (unpaired) electrons. The van der Waals surface area contributed by atoms with Crippen LogP contribution >= 0.6 is 0 Å². The van der Waals surface area contributed by atoms with E-state index in [2.05, 4.69) is 25.2 Å². The Kier molecular flexibility index (Phi) is 4.05. The van der Waals surface area contributed by atoms with E-state index in [1.54, 1.807) is 0 Å². The number of furan rings is 1. The zero-order chi connectivity index (χ0) is 14.0. The number of benzene rings is 1. The zero-order valence-electron chi connectivity index (χ0n) is 11.8. The molecule has 2 nitrogen and oxygen atoms in total. The molecule has 0 saturated carbocycles. The Morgan fingerprint density at radius 2 is 1.68 bits per heavy atom. The first-order valence-electron chi connectivity index (χ1n) is 6.56. The Morgan fingerprint density at radius 3 is 2.21 bits per heavy atom. The smallest absolute Gasteiger partial charge is 0.123 e. The molecular formula is C16H20FNO. The molecule has 2 aromatic rings. The van der Waals surface area contributed by atoms with Gasteiger partial charge in [0.2, 0.25) is 0 Å². The molecule has 0 aliphatic carbocycles. The lowest BCUT2D eigenvalue weighted by Gasteiger charge is -2.20. The fourth-order valence-electron chi connectivity index (χ4n) is 2.39. The molecule has 19 heavy (non-hydrogen) atoms. The molecule has 3 heteroatoms. The van der Waals surface area contributed by atoms with E-state index in [-0.39, 0.29) is 17.9 Å². The zero-order valence-corrected chi connectivity index (χ0v) is 11.8. The number of nitrogens with one attached hydrogen (secondary N) is 1. The van der Waals surface area contributed by atoms with E-state index in [0.717, 1.165) is 17.1 Å². The number of hydrogen-bond donors (Lipinski definition) is 1. The minimum absolute atomic E-state index is 0.158. The molecule has 0 aliphatic heterocycles. The van der Waals surface area contributed by atoms with Crippen LogP contribution < -0.4 is 5.32 Å². The van der Waals surface area contributed by atoms with Gasteiger partial charge in [-0.2, -0.15) is 0 Å². The molecule has 0 bridgehead atoms. The lowest BCUT2D eigenvalue weighted by molar-refractivity contribution is 0.468. The van der Waals surface area contributed by atoms with Gasteiger partial charge < -0.3 is 9.73 Å². The number of halogens is 1. The molecule has 2 unspecified atom stereocenters. The second-order valence-electron chi connectivity index (χ2n) is 5.03. The van der Waals surface area contributed by atoms with E-state index in [1.165, 1.54) is 17.7 Å². The van der Waals surface area contributed by atoms with Crippen LogP contribution in [0, 0.1) is 19.7 Å². The van der Waals surface area contributed by atoms with Gasteiger partial charge in [0.25, 0.3) is 0 Å². The summed E-state index contributed by atoms with van der Waals surface area (Å²) in [5, 5.41) is 3.50. The normalized spacial score (nSPS) is 14.4. The highest BCUT2D eigenvalue weighted by atomic mass is 19.1. The average molecular weight is 261 g/mol. The van der Waals surface area contributed by atoms with E-state index in [1.807, 2.05) is 26.0 Å². The first-order chi connectivity index (χ1) is 8.97. The van der Waals surface area contributed by atoms with Gasteiger partial charge in [0, 0.05) is 17.6 Å². The van der Waals surface area contributed by atoms with E-state index in [9.17, 15) is 4.39 Å². The summed E-state index contributed by atoms with van der Waals surface area (Å²) in [6.45, 7) is 8.11. The van der Waals surface area contributed by atoms with E-state index in [0.29, 0.717) is 0 Å².